The van der Waals surface area contributed by atoms with E-state index in [-0.39, 0.29) is 11.5 Å². The summed E-state index contributed by atoms with van der Waals surface area (Å²) in [6, 6.07) is 14.1. The number of ketones is 1. The lowest BCUT2D eigenvalue weighted by Gasteiger charge is -2.32. The molecule has 2 aromatic carbocycles. The van der Waals surface area contributed by atoms with Gasteiger partial charge < -0.3 is 5.32 Å². The Hall–Kier alpha value is -3.46. The average molecular weight is 448 g/mol. The largest absolute Gasteiger partial charge is 0.328 e. The van der Waals surface area contributed by atoms with Gasteiger partial charge in [-0.3, -0.25) is 14.9 Å². The molecule has 1 aromatic heterocycles. The molecule has 32 heavy (non-hydrogen) atoms. The summed E-state index contributed by atoms with van der Waals surface area (Å²) in [5, 5.41) is 20.0. The van der Waals surface area contributed by atoms with E-state index in [0.717, 1.165) is 24.3 Å². The van der Waals surface area contributed by atoms with E-state index in [1.165, 1.54) is 35.0 Å². The molecule has 8 nitrogen and oxygen atoms in total. The number of anilines is 1. The van der Waals surface area contributed by atoms with Crippen LogP contribution in [0.5, 0.6) is 0 Å². The van der Waals surface area contributed by atoms with Crippen molar-refractivity contribution in [3.05, 3.63) is 86.6 Å². The van der Waals surface area contributed by atoms with E-state index in [2.05, 4.69) is 29.4 Å². The van der Waals surface area contributed by atoms with Gasteiger partial charge in [-0.2, -0.15) is 4.98 Å². The van der Waals surface area contributed by atoms with E-state index in [4.69, 9.17) is 5.10 Å². The Morgan fingerprint density at radius 1 is 1.22 bits per heavy atom. The van der Waals surface area contributed by atoms with Gasteiger partial charge in [0.05, 0.1) is 4.92 Å². The maximum absolute atomic E-state index is 12.9. The first kappa shape index (κ1) is 20.4. The van der Waals surface area contributed by atoms with Crippen LogP contribution in [0, 0.1) is 17.0 Å². The fourth-order valence-electron chi connectivity index (χ4n) is 4.23. The summed E-state index contributed by atoms with van der Waals surface area (Å²) in [5.41, 5.74) is 4.53. The van der Waals surface area contributed by atoms with Crippen LogP contribution in [0.3, 0.4) is 0 Å². The average Bonchev–Trinajstić information content (AvgIpc) is 3.20. The molecule has 0 saturated heterocycles. The van der Waals surface area contributed by atoms with E-state index in [1.54, 1.807) is 16.8 Å². The molecular formula is C23H21N5O3S. The number of aromatic nitrogens is 3. The molecule has 1 aliphatic carbocycles. The highest BCUT2D eigenvalue weighted by Gasteiger charge is 2.37. The topological polar surface area (TPSA) is 103 Å². The normalized spacial score (nSPS) is 17.5. The summed E-state index contributed by atoms with van der Waals surface area (Å²) in [6.45, 7) is 2.07. The molecule has 9 heteroatoms. The van der Waals surface area contributed by atoms with Crippen molar-refractivity contribution in [2.75, 3.05) is 5.32 Å². The SMILES string of the molecule is Cc1ccccc1CSc1nc2n(n1)[C@H](c1cccc([N+](=O)[O-])c1)C1=C(CCCC1=O)N2. The number of aryl methyl sites for hydroxylation is 1. The van der Waals surface area contributed by atoms with E-state index in [1.807, 2.05) is 12.1 Å². The van der Waals surface area contributed by atoms with Crippen molar-refractivity contribution >= 4 is 29.2 Å². The number of non-ortho nitro benzene ring substituents is 1. The second kappa shape index (κ2) is 8.23. The number of Topliss-reactive ketones (excluding diaryl/α,β-unsaturated/α-hetero) is 1. The Morgan fingerprint density at radius 2 is 2.06 bits per heavy atom. The lowest BCUT2D eigenvalue weighted by Crippen LogP contribution is -2.31. The van der Waals surface area contributed by atoms with E-state index in [0.29, 0.717) is 28.7 Å². The summed E-state index contributed by atoms with van der Waals surface area (Å²) >= 11 is 1.53. The summed E-state index contributed by atoms with van der Waals surface area (Å²) in [4.78, 5) is 28.5. The number of thioether (sulfide) groups is 1. The van der Waals surface area contributed by atoms with Crippen LogP contribution in [-0.4, -0.2) is 25.5 Å². The number of rotatable bonds is 5. The quantitative estimate of drug-likeness (QED) is 0.340. The van der Waals surface area contributed by atoms with Crippen LogP contribution in [0.4, 0.5) is 11.6 Å². The van der Waals surface area contributed by atoms with Gasteiger partial charge in [-0.05, 0) is 36.5 Å². The molecule has 1 atom stereocenters. The first-order chi connectivity index (χ1) is 15.5. The second-order valence-corrected chi connectivity index (χ2v) is 8.87. The van der Waals surface area contributed by atoms with Gasteiger partial charge in [0, 0.05) is 35.6 Å². The van der Waals surface area contributed by atoms with Crippen molar-refractivity contribution in [1.82, 2.24) is 14.8 Å². The van der Waals surface area contributed by atoms with Gasteiger partial charge >= 0.3 is 0 Å². The molecule has 0 amide bonds. The molecule has 0 radical (unpaired) electrons. The highest BCUT2D eigenvalue weighted by Crippen LogP contribution is 2.41. The molecule has 2 heterocycles. The van der Waals surface area contributed by atoms with Gasteiger partial charge in [-0.1, -0.05) is 48.2 Å². The molecular weight excluding hydrogens is 426 g/mol. The molecule has 2 aliphatic rings. The van der Waals surface area contributed by atoms with Gasteiger partial charge in [0.15, 0.2) is 5.78 Å². The first-order valence-electron chi connectivity index (χ1n) is 10.4. The predicted molar refractivity (Wildman–Crippen MR) is 122 cm³/mol. The molecule has 1 aliphatic heterocycles. The number of carbonyl (C=O) groups excluding carboxylic acids is 1. The molecule has 5 rings (SSSR count). The standard InChI is InChI=1S/C23H21N5O3S/c1-14-6-2-3-7-16(14)13-32-23-25-22-24-18-10-5-11-19(29)20(18)21(27(22)26-23)15-8-4-9-17(12-15)28(30)31/h2-4,6-9,12,21H,5,10-11,13H2,1H3,(H,24,25,26)/t21-/m1/s1. The Balaban J connectivity index is 1.54. The van der Waals surface area contributed by atoms with E-state index < -0.39 is 11.0 Å². The summed E-state index contributed by atoms with van der Waals surface area (Å²) in [5.74, 6) is 1.33. The Kier molecular flexibility index (Phi) is 5.26. The number of nitrogens with zero attached hydrogens (tertiary/aromatic N) is 4. The first-order valence-corrected chi connectivity index (χ1v) is 11.4. The van der Waals surface area contributed by atoms with Crippen LogP contribution in [0.2, 0.25) is 0 Å². The zero-order valence-corrected chi connectivity index (χ0v) is 18.3. The van der Waals surface area contributed by atoms with Crippen molar-refractivity contribution < 1.29 is 9.72 Å². The number of fused-ring (bicyclic) bond motifs is 1. The summed E-state index contributed by atoms with van der Waals surface area (Å²) in [6.07, 6.45) is 1.98. The molecule has 0 unspecified atom stereocenters. The van der Waals surface area contributed by atoms with Crippen LogP contribution in [0.15, 0.2) is 65.0 Å². The number of allylic oxidation sites excluding steroid dienone is 2. The van der Waals surface area contributed by atoms with Crippen LogP contribution in [0.1, 0.15) is 42.0 Å². The molecule has 0 fully saturated rings. The Labute approximate surface area is 188 Å². The molecule has 0 saturated carbocycles. The van der Waals surface area contributed by atoms with E-state index in [9.17, 15) is 14.9 Å². The molecule has 162 valence electrons. The van der Waals surface area contributed by atoms with Crippen LogP contribution < -0.4 is 5.32 Å². The third-order valence-electron chi connectivity index (χ3n) is 5.86. The number of hydrogen-bond acceptors (Lipinski definition) is 7. The van der Waals surface area contributed by atoms with Gasteiger partial charge in [-0.15, -0.1) is 5.10 Å². The van der Waals surface area contributed by atoms with Crippen molar-refractivity contribution in [2.45, 2.75) is 43.1 Å². The fraction of sp³-hybridized carbons (Fsp3) is 0.261. The lowest BCUT2D eigenvalue weighted by atomic mass is 9.85. The van der Waals surface area contributed by atoms with Gasteiger partial charge in [0.1, 0.15) is 6.04 Å². The molecule has 0 spiro atoms. The van der Waals surface area contributed by atoms with Crippen LogP contribution in [0.25, 0.3) is 0 Å². The van der Waals surface area contributed by atoms with Crippen molar-refractivity contribution in [1.29, 1.82) is 0 Å². The lowest BCUT2D eigenvalue weighted by molar-refractivity contribution is -0.384. The zero-order chi connectivity index (χ0) is 22.2. The van der Waals surface area contributed by atoms with Gasteiger partial charge in [-0.25, -0.2) is 4.68 Å². The minimum atomic E-state index is -0.533. The summed E-state index contributed by atoms with van der Waals surface area (Å²) < 4.78 is 1.70. The third kappa shape index (κ3) is 3.69. The third-order valence-corrected chi connectivity index (χ3v) is 6.75. The minimum absolute atomic E-state index is 0.0118. The Bertz CT molecular complexity index is 1270. The smallest absolute Gasteiger partial charge is 0.269 e. The number of benzene rings is 2. The number of nitro groups is 1. The number of carbonyl (C=O) groups is 1. The molecule has 1 N–H and O–H groups in total. The number of hydrogen-bond donors (Lipinski definition) is 1. The zero-order valence-electron chi connectivity index (χ0n) is 17.4. The van der Waals surface area contributed by atoms with Crippen molar-refractivity contribution in [3.8, 4) is 0 Å². The van der Waals surface area contributed by atoms with Gasteiger partial charge in [0.25, 0.3) is 5.69 Å². The predicted octanol–water partition coefficient (Wildman–Crippen LogP) is 4.81. The van der Waals surface area contributed by atoms with Crippen molar-refractivity contribution in [2.24, 2.45) is 0 Å². The van der Waals surface area contributed by atoms with Crippen LogP contribution >= 0.6 is 11.8 Å². The maximum atomic E-state index is 12.9. The van der Waals surface area contributed by atoms with Gasteiger partial charge in [0.2, 0.25) is 11.1 Å². The number of nitro benzene ring substituents is 1. The Morgan fingerprint density at radius 3 is 2.88 bits per heavy atom. The van der Waals surface area contributed by atoms with Crippen molar-refractivity contribution in [3.63, 3.8) is 0 Å². The molecule has 0 bridgehead atoms. The highest BCUT2D eigenvalue weighted by atomic mass is 32.2. The monoisotopic (exact) mass is 447 g/mol. The van der Waals surface area contributed by atoms with Crippen LogP contribution in [-0.2, 0) is 10.5 Å². The number of nitrogens with one attached hydrogen (secondary N) is 1. The maximum Gasteiger partial charge on any atom is 0.269 e. The minimum Gasteiger partial charge on any atom is -0.328 e. The summed E-state index contributed by atoms with van der Waals surface area (Å²) in [7, 11) is 0. The second-order valence-electron chi connectivity index (χ2n) is 7.93. The van der Waals surface area contributed by atoms with E-state index >= 15 is 0 Å². The fourth-order valence-corrected chi connectivity index (χ4v) is 5.13. The highest BCUT2D eigenvalue weighted by molar-refractivity contribution is 7.98. The molecule has 3 aromatic rings.